The molecule has 0 fully saturated rings. The third-order valence-corrected chi connectivity index (χ3v) is 4.60. The Bertz CT molecular complexity index is 990. The van der Waals surface area contributed by atoms with Crippen molar-refractivity contribution in [3.8, 4) is 11.8 Å². The van der Waals surface area contributed by atoms with Gasteiger partial charge in [0.05, 0.1) is 23.4 Å². The number of hydrogen-bond donors (Lipinski definition) is 4. The van der Waals surface area contributed by atoms with Gasteiger partial charge in [-0.15, -0.1) is 0 Å². The first-order valence-corrected chi connectivity index (χ1v) is 10.3. The Labute approximate surface area is 187 Å². The van der Waals surface area contributed by atoms with Crippen molar-refractivity contribution in [3.05, 3.63) is 47.2 Å². The highest BCUT2D eigenvalue weighted by Crippen LogP contribution is 2.26. The van der Waals surface area contributed by atoms with Crippen LogP contribution in [0.25, 0.3) is 0 Å². The van der Waals surface area contributed by atoms with Gasteiger partial charge in [0.15, 0.2) is 0 Å². The maximum Gasteiger partial charge on any atom is 0.233 e. The molecule has 3 aromatic rings. The highest BCUT2D eigenvalue weighted by Gasteiger charge is 2.14. The Morgan fingerprint density at radius 3 is 2.26 bits per heavy atom. The number of hydrogen-bond acceptors (Lipinski definition) is 10. The molecule has 31 heavy (non-hydrogen) atoms. The first kappa shape index (κ1) is 22.7. The molecule has 0 aliphatic heterocycles. The zero-order valence-electron chi connectivity index (χ0n) is 17.0. The lowest BCUT2D eigenvalue weighted by Gasteiger charge is -2.17. The summed E-state index contributed by atoms with van der Waals surface area (Å²) in [5, 5.41) is 24.7. The second-order valence-corrected chi connectivity index (χ2v) is 7.38. The van der Waals surface area contributed by atoms with E-state index >= 15 is 0 Å². The molecule has 164 valence electrons. The quantitative estimate of drug-likeness (QED) is 0.335. The van der Waals surface area contributed by atoms with Crippen molar-refractivity contribution in [2.45, 2.75) is 26.1 Å². The van der Waals surface area contributed by atoms with Crippen molar-refractivity contribution >= 4 is 39.2 Å². The number of ether oxygens (including phenoxy) is 2. The zero-order chi connectivity index (χ0) is 22.2. The maximum atomic E-state index is 9.63. The van der Waals surface area contributed by atoms with E-state index < -0.39 is 12.2 Å². The van der Waals surface area contributed by atoms with E-state index in [1.807, 2.05) is 24.3 Å². The molecule has 3 rings (SSSR count). The summed E-state index contributed by atoms with van der Waals surface area (Å²) >= 11 is 3.35. The smallest absolute Gasteiger partial charge is 0.233 e. The molecule has 0 saturated carbocycles. The van der Waals surface area contributed by atoms with E-state index in [1.165, 1.54) is 0 Å². The molecule has 0 bridgehead atoms. The Morgan fingerprint density at radius 1 is 1.00 bits per heavy atom. The van der Waals surface area contributed by atoms with Gasteiger partial charge in [-0.2, -0.15) is 9.97 Å². The van der Waals surface area contributed by atoms with Crippen molar-refractivity contribution in [2.75, 3.05) is 23.8 Å². The molecule has 2 atom stereocenters. The van der Waals surface area contributed by atoms with E-state index in [2.05, 4.69) is 46.5 Å². The van der Waals surface area contributed by atoms with Crippen molar-refractivity contribution in [1.29, 1.82) is 0 Å². The summed E-state index contributed by atoms with van der Waals surface area (Å²) in [5.74, 6) is 1.44. The number of rotatable bonds is 10. The van der Waals surface area contributed by atoms with Gasteiger partial charge >= 0.3 is 0 Å². The third kappa shape index (κ3) is 6.74. The van der Waals surface area contributed by atoms with Crippen molar-refractivity contribution < 1.29 is 19.7 Å². The second-order valence-electron chi connectivity index (χ2n) is 6.53. The lowest BCUT2D eigenvalue weighted by molar-refractivity contribution is 0.0569. The monoisotopic (exact) mass is 490 g/mol. The van der Waals surface area contributed by atoms with Crippen LogP contribution in [0.3, 0.4) is 0 Å². The van der Waals surface area contributed by atoms with Gasteiger partial charge in [0, 0.05) is 23.6 Å². The van der Waals surface area contributed by atoms with Crippen LogP contribution in [0.1, 0.15) is 13.8 Å². The molecule has 0 aliphatic carbocycles. The minimum Gasteiger partial charge on any atom is -0.475 e. The summed E-state index contributed by atoms with van der Waals surface area (Å²) < 4.78 is 11.5. The van der Waals surface area contributed by atoms with E-state index in [0.29, 0.717) is 28.1 Å². The first-order valence-electron chi connectivity index (χ1n) is 9.52. The van der Waals surface area contributed by atoms with E-state index in [9.17, 15) is 5.11 Å². The van der Waals surface area contributed by atoms with Gasteiger partial charge in [0.2, 0.25) is 23.7 Å². The summed E-state index contributed by atoms with van der Waals surface area (Å²) in [7, 11) is 0. The predicted octanol–water partition coefficient (Wildman–Crippen LogP) is 3.04. The van der Waals surface area contributed by atoms with Crippen molar-refractivity contribution in [1.82, 2.24) is 19.9 Å². The number of aliphatic hydroxyl groups excluding tert-OH is 2. The number of halogens is 1. The highest BCUT2D eigenvalue weighted by molar-refractivity contribution is 9.10. The fourth-order valence-corrected chi connectivity index (χ4v) is 2.58. The van der Waals surface area contributed by atoms with Gasteiger partial charge in [-0.05, 0) is 54.0 Å². The minimum atomic E-state index is -0.635. The first-order chi connectivity index (χ1) is 14.9. The molecular formula is C20H23BrN6O4. The Kier molecular flexibility index (Phi) is 7.93. The van der Waals surface area contributed by atoms with Crippen LogP contribution >= 0.6 is 15.9 Å². The fourth-order valence-electron chi connectivity index (χ4n) is 2.30. The number of benzene rings is 1. The fraction of sp³-hybridized carbons (Fsp3) is 0.300. The van der Waals surface area contributed by atoms with Crippen molar-refractivity contribution in [2.24, 2.45) is 0 Å². The molecule has 0 spiro atoms. The number of aliphatic hydroxyl groups is 2. The van der Waals surface area contributed by atoms with Crippen LogP contribution in [0.5, 0.6) is 11.8 Å². The van der Waals surface area contributed by atoms with E-state index in [4.69, 9.17) is 14.6 Å². The topological polar surface area (TPSA) is 135 Å². The molecule has 11 heteroatoms. The maximum absolute atomic E-state index is 9.63. The molecule has 0 aliphatic rings. The Hall–Kier alpha value is -3.02. The number of nitrogens with one attached hydrogen (secondary N) is 2. The summed E-state index contributed by atoms with van der Waals surface area (Å²) in [6, 6.07) is 9.00. The van der Waals surface area contributed by atoms with Crippen LogP contribution in [0.15, 0.2) is 47.2 Å². The molecule has 0 amide bonds. The van der Waals surface area contributed by atoms with Crippen LogP contribution in [0, 0.1) is 0 Å². The molecule has 2 aromatic heterocycles. The van der Waals surface area contributed by atoms with Crippen LogP contribution in [0.2, 0.25) is 0 Å². The molecule has 0 saturated heterocycles. The molecule has 1 aromatic carbocycles. The van der Waals surface area contributed by atoms with Crippen LogP contribution in [-0.2, 0) is 0 Å². The average Bonchev–Trinajstić information content (AvgIpc) is 2.76. The Morgan fingerprint density at radius 2 is 1.65 bits per heavy atom. The molecule has 0 unspecified atom stereocenters. The highest BCUT2D eigenvalue weighted by atomic mass is 79.9. The molecule has 0 radical (unpaired) electrons. The summed E-state index contributed by atoms with van der Waals surface area (Å²) in [6.45, 7) is 3.49. The Balaban J connectivity index is 1.64. The van der Waals surface area contributed by atoms with Gasteiger partial charge < -0.3 is 30.3 Å². The molecule has 2 heterocycles. The lowest BCUT2D eigenvalue weighted by Crippen LogP contribution is -2.26. The van der Waals surface area contributed by atoms with Gasteiger partial charge in [-0.3, -0.25) is 0 Å². The molecular weight excluding hydrogens is 468 g/mol. The van der Waals surface area contributed by atoms with Gasteiger partial charge in [-0.25, -0.2) is 9.97 Å². The third-order valence-electron chi connectivity index (χ3n) is 4.06. The summed E-state index contributed by atoms with van der Waals surface area (Å²) in [6.07, 6.45) is 2.10. The number of anilines is 4. The van der Waals surface area contributed by atoms with Gasteiger partial charge in [0.25, 0.3) is 0 Å². The standard InChI is InChI=1S/C20H23BrN6O4/c1-12(29)13(2)31-18-16(21)11-23-20(27-18)25-15-5-3-14(4-6-15)24-19-22-8-7-17(26-19)30-10-9-28/h3-8,11-13,28-29H,9-10H2,1-2H3,(H,22,24,26)(H,23,25,27)/t12-,13-/m1/s1. The van der Waals surface area contributed by atoms with Gasteiger partial charge in [0.1, 0.15) is 12.7 Å². The second kappa shape index (κ2) is 10.8. The van der Waals surface area contributed by atoms with Crippen LogP contribution in [-0.4, -0.2) is 55.6 Å². The van der Waals surface area contributed by atoms with Gasteiger partial charge in [-0.1, -0.05) is 0 Å². The van der Waals surface area contributed by atoms with E-state index in [1.54, 1.807) is 32.3 Å². The number of nitrogens with zero attached hydrogens (tertiary/aromatic N) is 4. The summed E-state index contributed by atoms with van der Waals surface area (Å²) in [4.78, 5) is 16.9. The predicted molar refractivity (Wildman–Crippen MR) is 119 cm³/mol. The number of aromatic nitrogens is 4. The lowest BCUT2D eigenvalue weighted by atomic mass is 10.3. The van der Waals surface area contributed by atoms with Crippen molar-refractivity contribution in [3.63, 3.8) is 0 Å². The summed E-state index contributed by atoms with van der Waals surface area (Å²) in [5.41, 5.74) is 1.54. The molecule has 10 nitrogen and oxygen atoms in total. The van der Waals surface area contributed by atoms with E-state index in [0.717, 1.165) is 11.4 Å². The minimum absolute atomic E-state index is 0.0868. The normalized spacial score (nSPS) is 12.7. The largest absolute Gasteiger partial charge is 0.475 e. The van der Waals surface area contributed by atoms with E-state index in [-0.39, 0.29) is 13.2 Å². The SMILES string of the molecule is C[C@@H](O)[C@@H](C)Oc1nc(Nc2ccc(Nc3nccc(OCCO)n3)cc2)ncc1Br. The zero-order valence-corrected chi connectivity index (χ0v) is 18.6. The average molecular weight is 491 g/mol. The van der Waals surface area contributed by atoms with Crippen LogP contribution < -0.4 is 20.1 Å². The molecule has 4 N–H and O–H groups in total. The van der Waals surface area contributed by atoms with Crippen LogP contribution in [0.4, 0.5) is 23.3 Å².